The molecule has 0 amide bonds. The highest BCUT2D eigenvalue weighted by molar-refractivity contribution is 7.52. The molecule has 3 atom stereocenters. The van der Waals surface area contributed by atoms with E-state index in [0.717, 1.165) is 27.2 Å². The third kappa shape index (κ3) is 7.81. The van der Waals surface area contributed by atoms with E-state index in [2.05, 4.69) is 10.1 Å². The van der Waals surface area contributed by atoms with Crippen molar-refractivity contribution in [1.29, 1.82) is 0 Å². The number of anilines is 1. The molecule has 3 N–H and O–H groups in total. The smallest absolute Gasteiger partial charge is 0.459 e. The molecule has 48 heavy (non-hydrogen) atoms. The number of nitrogens with zero attached hydrogens (tertiary/aromatic N) is 3. The highest BCUT2D eigenvalue weighted by Crippen LogP contribution is 2.48. The summed E-state index contributed by atoms with van der Waals surface area (Å²) < 4.78 is 41.2. The van der Waals surface area contributed by atoms with Crippen LogP contribution in [-0.4, -0.2) is 45.4 Å². The van der Waals surface area contributed by atoms with Gasteiger partial charge in [0.15, 0.2) is 5.82 Å². The second-order valence-corrected chi connectivity index (χ2v) is 14.7. The first kappa shape index (κ1) is 35.3. The van der Waals surface area contributed by atoms with Gasteiger partial charge in [0, 0.05) is 17.4 Å². The third-order valence-electron chi connectivity index (χ3n) is 7.93. The van der Waals surface area contributed by atoms with Crippen molar-refractivity contribution in [1.82, 2.24) is 19.6 Å². The standard InChI is InChI=1S/C36H46N5O6P/c1-8-25(41-30(22-44-9-2)39-32-33(41)27-18-12-13-19-28(27)38-34(32)37)21-45-48(43,40-31(23(3)4)35(42)46-36(5,6)7)47-29-20-14-16-24-15-10-11-17-26(24)29/h10-20,23,25,31H,8-9,21-22H2,1-7H3,(H2,37,38)(H,40,43)/t25-,31-,48?/m0/s1. The predicted molar refractivity (Wildman–Crippen MR) is 190 cm³/mol. The lowest BCUT2D eigenvalue weighted by Crippen LogP contribution is -2.44. The van der Waals surface area contributed by atoms with Gasteiger partial charge in [-0.1, -0.05) is 75.4 Å². The maximum atomic E-state index is 14.9. The Kier molecular flexibility index (Phi) is 10.7. The number of nitrogens with one attached hydrogen (secondary N) is 1. The highest BCUT2D eigenvalue weighted by Gasteiger charge is 2.38. The summed E-state index contributed by atoms with van der Waals surface area (Å²) in [7, 11) is -4.25. The largest absolute Gasteiger partial charge is 0.459 e. The molecule has 1 unspecified atom stereocenters. The zero-order chi connectivity index (χ0) is 34.6. The van der Waals surface area contributed by atoms with E-state index < -0.39 is 25.4 Å². The summed E-state index contributed by atoms with van der Waals surface area (Å²) in [5.41, 5.74) is 7.75. The van der Waals surface area contributed by atoms with E-state index in [0.29, 0.717) is 35.9 Å². The first-order chi connectivity index (χ1) is 22.8. The number of aromatic nitrogens is 3. The van der Waals surface area contributed by atoms with Gasteiger partial charge in [0.1, 0.15) is 35.3 Å². The average molecular weight is 676 g/mol. The molecule has 0 radical (unpaired) electrons. The molecule has 0 bridgehead atoms. The summed E-state index contributed by atoms with van der Waals surface area (Å²) in [5, 5.41) is 5.50. The van der Waals surface area contributed by atoms with Crippen LogP contribution in [0.15, 0.2) is 66.7 Å². The minimum absolute atomic E-state index is 0.0498. The molecule has 2 heterocycles. The van der Waals surface area contributed by atoms with Crippen LogP contribution in [0.5, 0.6) is 5.75 Å². The van der Waals surface area contributed by atoms with E-state index in [-0.39, 0.29) is 25.2 Å². The van der Waals surface area contributed by atoms with E-state index in [1.165, 1.54) is 0 Å². The maximum Gasteiger partial charge on any atom is 0.459 e. The van der Waals surface area contributed by atoms with E-state index >= 15 is 0 Å². The summed E-state index contributed by atoms with van der Waals surface area (Å²) in [4.78, 5) is 22.9. The number of hydrogen-bond donors (Lipinski definition) is 2. The molecule has 0 aliphatic rings. The number of para-hydroxylation sites is 1. The average Bonchev–Trinajstić information content (AvgIpc) is 3.42. The fourth-order valence-electron chi connectivity index (χ4n) is 5.62. The summed E-state index contributed by atoms with van der Waals surface area (Å²) >= 11 is 0. The number of rotatable bonds is 14. The number of fused-ring (bicyclic) bond motifs is 4. The van der Waals surface area contributed by atoms with Gasteiger partial charge in [0.25, 0.3) is 0 Å². The van der Waals surface area contributed by atoms with Gasteiger partial charge in [0.2, 0.25) is 0 Å². The number of nitrogen functional groups attached to an aromatic ring is 1. The summed E-state index contributed by atoms with van der Waals surface area (Å²) in [6.45, 7) is 13.7. The second kappa shape index (κ2) is 14.6. The minimum atomic E-state index is -4.25. The Morgan fingerprint density at radius 1 is 0.979 bits per heavy atom. The molecule has 0 spiro atoms. The molecule has 0 fully saturated rings. The molecule has 0 saturated heterocycles. The first-order valence-electron chi connectivity index (χ1n) is 16.4. The molecule has 12 heteroatoms. The van der Waals surface area contributed by atoms with Gasteiger partial charge in [-0.2, -0.15) is 5.09 Å². The Hall–Kier alpha value is -4.02. The fraction of sp³-hybridized carbons (Fsp3) is 0.417. The summed E-state index contributed by atoms with van der Waals surface area (Å²) in [5.74, 6) is 0.452. The van der Waals surface area contributed by atoms with Crippen LogP contribution >= 0.6 is 7.75 Å². The lowest BCUT2D eigenvalue weighted by atomic mass is 10.1. The van der Waals surface area contributed by atoms with E-state index in [1.54, 1.807) is 26.8 Å². The Bertz CT molecular complexity index is 1950. The number of carbonyl (C=O) groups excluding carboxylic acids is 1. The van der Waals surface area contributed by atoms with Gasteiger partial charge in [0.05, 0.1) is 23.7 Å². The lowest BCUT2D eigenvalue weighted by molar-refractivity contribution is -0.158. The molecule has 5 rings (SSSR count). The van der Waals surface area contributed by atoms with E-state index in [4.69, 9.17) is 29.2 Å². The molecule has 5 aromatic rings. The van der Waals surface area contributed by atoms with Crippen molar-refractivity contribution in [2.24, 2.45) is 5.92 Å². The van der Waals surface area contributed by atoms with Crippen molar-refractivity contribution in [2.45, 2.75) is 79.2 Å². The number of benzene rings is 3. The second-order valence-electron chi connectivity index (χ2n) is 13.1. The van der Waals surface area contributed by atoms with Crippen LogP contribution in [0.25, 0.3) is 32.7 Å². The maximum absolute atomic E-state index is 14.9. The number of carbonyl (C=O) groups is 1. The molecule has 256 valence electrons. The minimum Gasteiger partial charge on any atom is -0.459 e. The van der Waals surface area contributed by atoms with Crippen molar-refractivity contribution in [3.05, 3.63) is 72.6 Å². The monoisotopic (exact) mass is 675 g/mol. The number of imidazole rings is 1. The highest BCUT2D eigenvalue weighted by atomic mass is 31.2. The van der Waals surface area contributed by atoms with E-state index in [9.17, 15) is 9.36 Å². The molecule has 0 aliphatic carbocycles. The van der Waals surface area contributed by atoms with Gasteiger partial charge in [-0.15, -0.1) is 0 Å². The molecule has 2 aromatic heterocycles. The fourth-order valence-corrected chi connectivity index (χ4v) is 7.33. The normalized spacial score (nSPS) is 14.8. The van der Waals surface area contributed by atoms with Gasteiger partial charge in [-0.05, 0) is 57.6 Å². The predicted octanol–water partition coefficient (Wildman–Crippen LogP) is 7.97. The quantitative estimate of drug-likeness (QED) is 0.0880. The van der Waals surface area contributed by atoms with Gasteiger partial charge in [-0.3, -0.25) is 9.32 Å². The molecule has 3 aromatic carbocycles. The van der Waals surface area contributed by atoms with Crippen LogP contribution in [0, 0.1) is 5.92 Å². The van der Waals surface area contributed by atoms with Crippen molar-refractivity contribution in [3.63, 3.8) is 0 Å². The number of esters is 1. The van der Waals surface area contributed by atoms with E-state index in [1.807, 2.05) is 92.9 Å². The summed E-state index contributed by atoms with van der Waals surface area (Å²) in [6.07, 6.45) is 0.578. The van der Waals surface area contributed by atoms with Crippen LogP contribution in [0.2, 0.25) is 0 Å². The Labute approximate surface area is 281 Å². The SMILES string of the molecule is CCOCc1nc2c(N)nc3ccccc3c2n1[C@@H](CC)COP(=O)(N[C@H](C(=O)OC(C)(C)C)C(C)C)Oc1cccc2ccccc12. The van der Waals surface area contributed by atoms with Crippen molar-refractivity contribution < 1.29 is 27.9 Å². The van der Waals surface area contributed by atoms with Gasteiger partial charge >= 0.3 is 13.7 Å². The molecular formula is C36H46N5O6P. The number of ether oxygens (including phenoxy) is 2. The van der Waals surface area contributed by atoms with Crippen molar-refractivity contribution in [2.75, 3.05) is 18.9 Å². The van der Waals surface area contributed by atoms with Gasteiger partial charge in [-0.25, -0.2) is 14.5 Å². The van der Waals surface area contributed by atoms with Crippen molar-refractivity contribution >= 4 is 52.2 Å². The Balaban J connectivity index is 1.58. The first-order valence-corrected chi connectivity index (χ1v) is 17.9. The molecule has 11 nitrogen and oxygen atoms in total. The molecule has 0 saturated carbocycles. The third-order valence-corrected chi connectivity index (χ3v) is 9.45. The number of hydrogen-bond acceptors (Lipinski definition) is 9. The molecular weight excluding hydrogens is 629 g/mol. The lowest BCUT2D eigenvalue weighted by Gasteiger charge is -2.30. The van der Waals surface area contributed by atoms with Crippen LogP contribution in [0.3, 0.4) is 0 Å². The number of pyridine rings is 1. The molecule has 0 aliphatic heterocycles. The van der Waals surface area contributed by atoms with Crippen molar-refractivity contribution in [3.8, 4) is 5.75 Å². The zero-order valence-corrected chi connectivity index (χ0v) is 29.6. The summed E-state index contributed by atoms with van der Waals surface area (Å²) in [6, 6.07) is 19.5. The Morgan fingerprint density at radius 2 is 1.67 bits per heavy atom. The zero-order valence-electron chi connectivity index (χ0n) is 28.7. The Morgan fingerprint density at radius 3 is 2.35 bits per heavy atom. The van der Waals surface area contributed by atoms with Crippen LogP contribution < -0.4 is 15.3 Å². The topological polar surface area (TPSA) is 140 Å². The van der Waals surface area contributed by atoms with Crippen LogP contribution in [0.4, 0.5) is 5.82 Å². The van der Waals surface area contributed by atoms with Crippen LogP contribution in [-0.2, 0) is 30.0 Å². The van der Waals surface area contributed by atoms with Gasteiger partial charge < -0.3 is 24.3 Å². The number of nitrogens with two attached hydrogens (primary N) is 1. The van der Waals surface area contributed by atoms with Crippen LogP contribution in [0.1, 0.15) is 66.8 Å².